The van der Waals surface area contributed by atoms with Crippen LogP contribution in [0.4, 0.5) is 0 Å². The molecule has 1 atom stereocenters. The predicted octanol–water partition coefficient (Wildman–Crippen LogP) is -0.447. The Morgan fingerprint density at radius 2 is 2.12 bits per heavy atom. The van der Waals surface area contributed by atoms with Crippen molar-refractivity contribution in [2.24, 2.45) is 0 Å². The van der Waals surface area contributed by atoms with Gasteiger partial charge in [0.25, 0.3) is 0 Å². The average Bonchev–Trinajstić information content (AvgIpc) is 1.83. The van der Waals surface area contributed by atoms with Crippen molar-refractivity contribution >= 4 is 11.6 Å². The van der Waals surface area contributed by atoms with Crippen molar-refractivity contribution < 1.29 is 14.9 Å². The van der Waals surface area contributed by atoms with Crippen molar-refractivity contribution in [3.05, 3.63) is 0 Å². The van der Waals surface area contributed by atoms with Crippen LogP contribution in [0.5, 0.6) is 0 Å². The van der Waals surface area contributed by atoms with Crippen LogP contribution in [0, 0.1) is 0 Å². The molecule has 4 heteroatoms. The number of alkyl halides is 1. The van der Waals surface area contributed by atoms with Gasteiger partial charge >= 0.3 is 0 Å². The first kappa shape index (κ1) is 8.17. The van der Waals surface area contributed by atoms with Gasteiger partial charge in [0, 0.05) is 0 Å². The average molecular weight is 141 g/mol. The Balaban J connectivity index is 2.86. The van der Waals surface area contributed by atoms with Crippen molar-refractivity contribution in [1.82, 2.24) is 0 Å². The summed E-state index contributed by atoms with van der Waals surface area (Å²) in [5, 5.41) is 16.4. The molecule has 0 saturated heterocycles. The highest BCUT2D eigenvalue weighted by molar-refractivity contribution is 6.19. The summed E-state index contributed by atoms with van der Waals surface area (Å²) in [5.74, 6) is 0. The van der Waals surface area contributed by atoms with E-state index >= 15 is 0 Å². The minimum atomic E-state index is -0.679. The number of rotatable bonds is 4. The van der Waals surface area contributed by atoms with Crippen LogP contribution >= 0.6 is 11.6 Å². The minimum absolute atomic E-state index is 0.0662. The molecule has 0 aromatic heterocycles. The molecule has 3 nitrogen and oxygen atoms in total. The zero-order valence-corrected chi connectivity index (χ0v) is 5.14. The Morgan fingerprint density at radius 1 is 1.50 bits per heavy atom. The molecule has 0 aliphatic rings. The van der Waals surface area contributed by atoms with E-state index in [1.165, 1.54) is 0 Å². The highest BCUT2D eigenvalue weighted by atomic mass is 35.5. The molecule has 0 rings (SSSR count). The van der Waals surface area contributed by atoms with Crippen molar-refractivity contribution in [3.63, 3.8) is 0 Å². The number of ether oxygens (including phenoxy) is 1. The summed E-state index contributed by atoms with van der Waals surface area (Å²) in [6.07, 6.45) is 0. The molecule has 8 heavy (non-hydrogen) atoms. The predicted molar refractivity (Wildman–Crippen MR) is 29.8 cm³/mol. The van der Waals surface area contributed by atoms with Crippen molar-refractivity contribution in [3.8, 4) is 0 Å². The third kappa shape index (κ3) is 4.33. The summed E-state index contributed by atoms with van der Waals surface area (Å²) in [6.45, 7) is -0.112. The molecule has 2 N–H and O–H groups in total. The van der Waals surface area contributed by atoms with Crippen LogP contribution in [0.3, 0.4) is 0 Å². The van der Waals surface area contributed by atoms with Gasteiger partial charge in [0.1, 0.15) is 0 Å². The first-order chi connectivity index (χ1) is 3.81. The molecule has 0 spiro atoms. The lowest BCUT2D eigenvalue weighted by Gasteiger charge is -2.04. The lowest BCUT2D eigenvalue weighted by Crippen LogP contribution is -2.12. The Morgan fingerprint density at radius 3 is 2.50 bits per heavy atom. The molecular formula is C4H9ClO3. The van der Waals surface area contributed by atoms with Gasteiger partial charge < -0.3 is 14.9 Å². The fourth-order valence-electron chi connectivity index (χ4n) is 0.233. The molecule has 0 fully saturated rings. The molecule has 0 bridgehead atoms. The molecule has 50 valence electrons. The van der Waals surface area contributed by atoms with Crippen LogP contribution in [0.25, 0.3) is 0 Å². The van der Waals surface area contributed by atoms with Crippen LogP contribution in [-0.2, 0) is 4.74 Å². The SMILES string of the molecule is OCCOC(Cl)CO. The van der Waals surface area contributed by atoms with Crippen LogP contribution in [-0.4, -0.2) is 35.6 Å². The monoisotopic (exact) mass is 140 g/mol. The van der Waals surface area contributed by atoms with E-state index in [-0.39, 0.29) is 19.8 Å². The maximum Gasteiger partial charge on any atom is 0.154 e. The summed E-state index contributed by atoms with van der Waals surface area (Å²) < 4.78 is 4.61. The topological polar surface area (TPSA) is 49.7 Å². The van der Waals surface area contributed by atoms with E-state index in [1.807, 2.05) is 0 Å². The lowest BCUT2D eigenvalue weighted by atomic mass is 10.7. The van der Waals surface area contributed by atoms with Gasteiger partial charge in [-0.05, 0) is 0 Å². The first-order valence-corrected chi connectivity index (χ1v) is 2.72. The van der Waals surface area contributed by atoms with Gasteiger partial charge in [-0.2, -0.15) is 0 Å². The molecule has 0 radical (unpaired) electrons. The summed E-state index contributed by atoms with van der Waals surface area (Å²) in [6, 6.07) is 0. The quantitative estimate of drug-likeness (QED) is 0.521. The second-order valence-corrected chi connectivity index (χ2v) is 1.67. The third-order valence-electron chi connectivity index (χ3n) is 0.534. The van der Waals surface area contributed by atoms with E-state index in [0.717, 1.165) is 0 Å². The Labute approximate surface area is 52.8 Å². The first-order valence-electron chi connectivity index (χ1n) is 2.28. The molecule has 1 unspecified atom stereocenters. The van der Waals surface area contributed by atoms with Crippen LogP contribution in [0.1, 0.15) is 0 Å². The summed E-state index contributed by atoms with van der Waals surface area (Å²) in [4.78, 5) is 0. The minimum Gasteiger partial charge on any atom is -0.394 e. The zero-order chi connectivity index (χ0) is 6.41. The van der Waals surface area contributed by atoms with Crippen molar-refractivity contribution in [2.75, 3.05) is 19.8 Å². The Bertz CT molecular complexity index is 50.5. The number of hydrogen-bond acceptors (Lipinski definition) is 3. The molecule has 0 aliphatic carbocycles. The Hall–Kier alpha value is 0.170. The van der Waals surface area contributed by atoms with E-state index in [9.17, 15) is 0 Å². The summed E-state index contributed by atoms with van der Waals surface area (Å²) >= 11 is 5.26. The fraction of sp³-hybridized carbons (Fsp3) is 1.00. The van der Waals surface area contributed by atoms with Gasteiger partial charge in [-0.3, -0.25) is 0 Å². The largest absolute Gasteiger partial charge is 0.394 e. The zero-order valence-electron chi connectivity index (χ0n) is 4.38. The summed E-state index contributed by atoms with van der Waals surface area (Å²) in [5.41, 5.74) is -0.679. The van der Waals surface area contributed by atoms with E-state index in [2.05, 4.69) is 4.74 Å². The van der Waals surface area contributed by atoms with E-state index in [0.29, 0.717) is 0 Å². The van der Waals surface area contributed by atoms with E-state index in [4.69, 9.17) is 21.8 Å². The van der Waals surface area contributed by atoms with Gasteiger partial charge in [-0.25, -0.2) is 0 Å². The van der Waals surface area contributed by atoms with E-state index in [1.54, 1.807) is 0 Å². The van der Waals surface area contributed by atoms with Gasteiger partial charge in [0.05, 0.1) is 19.8 Å². The maximum atomic E-state index is 8.22. The van der Waals surface area contributed by atoms with Gasteiger partial charge in [-0.15, -0.1) is 0 Å². The molecule has 0 aliphatic heterocycles. The lowest BCUT2D eigenvalue weighted by molar-refractivity contribution is 0.0410. The maximum absolute atomic E-state index is 8.22. The summed E-state index contributed by atoms with van der Waals surface area (Å²) in [7, 11) is 0. The van der Waals surface area contributed by atoms with Gasteiger partial charge in [0.2, 0.25) is 0 Å². The molecule has 0 heterocycles. The van der Waals surface area contributed by atoms with Crippen LogP contribution in [0.2, 0.25) is 0 Å². The number of halogens is 1. The second-order valence-electron chi connectivity index (χ2n) is 1.19. The standard InChI is InChI=1S/C4H9ClO3/c5-4(3-7)8-2-1-6/h4,6-7H,1-3H2. The molecule has 0 amide bonds. The van der Waals surface area contributed by atoms with Crippen LogP contribution < -0.4 is 0 Å². The Kier molecular flexibility index (Phi) is 5.42. The normalized spacial score (nSPS) is 13.9. The third-order valence-corrected chi connectivity index (χ3v) is 0.798. The molecule has 0 aromatic rings. The smallest absolute Gasteiger partial charge is 0.154 e. The second kappa shape index (κ2) is 5.31. The molecule has 0 saturated carbocycles. The van der Waals surface area contributed by atoms with Gasteiger partial charge in [0.15, 0.2) is 5.56 Å². The fourth-order valence-corrected chi connectivity index (χ4v) is 0.322. The number of aliphatic hydroxyl groups is 2. The van der Waals surface area contributed by atoms with Crippen molar-refractivity contribution in [1.29, 1.82) is 0 Å². The number of hydrogen-bond donors (Lipinski definition) is 2. The van der Waals surface area contributed by atoms with Gasteiger partial charge in [-0.1, -0.05) is 11.6 Å². The number of aliphatic hydroxyl groups excluding tert-OH is 2. The molecule has 0 aromatic carbocycles. The highest BCUT2D eigenvalue weighted by Gasteiger charge is 1.98. The van der Waals surface area contributed by atoms with E-state index < -0.39 is 5.56 Å². The highest BCUT2D eigenvalue weighted by Crippen LogP contribution is 1.94. The van der Waals surface area contributed by atoms with Crippen LogP contribution in [0.15, 0.2) is 0 Å². The molecular weight excluding hydrogens is 131 g/mol. The van der Waals surface area contributed by atoms with Crippen molar-refractivity contribution in [2.45, 2.75) is 5.56 Å².